The molecule has 1 aliphatic rings. The van der Waals surface area contributed by atoms with Crippen molar-refractivity contribution in [3.8, 4) is 28.0 Å². The van der Waals surface area contributed by atoms with Gasteiger partial charge in [-0.2, -0.15) is 4.98 Å². The van der Waals surface area contributed by atoms with Gasteiger partial charge in [-0.3, -0.25) is 0 Å². The van der Waals surface area contributed by atoms with E-state index in [1.807, 2.05) is 29.6 Å². The van der Waals surface area contributed by atoms with E-state index >= 15 is 0 Å². The van der Waals surface area contributed by atoms with Gasteiger partial charge in [-0.15, -0.1) is 11.3 Å². The van der Waals surface area contributed by atoms with Crippen molar-refractivity contribution in [1.29, 1.82) is 0 Å². The Morgan fingerprint density at radius 3 is 3.05 bits per heavy atom. The quantitative estimate of drug-likeness (QED) is 0.737. The Balaban J connectivity index is 1.45. The lowest BCUT2D eigenvalue weighted by Gasteiger charge is -2.03. The van der Waals surface area contributed by atoms with Crippen molar-refractivity contribution in [1.82, 2.24) is 10.1 Å². The van der Waals surface area contributed by atoms with Gasteiger partial charge in [0.05, 0.1) is 4.88 Å². The van der Waals surface area contributed by atoms with Crippen LogP contribution in [0, 0.1) is 0 Å². The minimum absolute atomic E-state index is 0.206. The third-order valence-electron chi connectivity index (χ3n) is 2.92. The van der Waals surface area contributed by atoms with Crippen molar-refractivity contribution in [2.24, 2.45) is 0 Å². The molecule has 0 atom stereocenters. The maximum Gasteiger partial charge on any atom is 0.264 e. The molecule has 6 nitrogen and oxygen atoms in total. The highest BCUT2D eigenvalue weighted by molar-refractivity contribution is 7.13. The zero-order valence-corrected chi connectivity index (χ0v) is 11.6. The van der Waals surface area contributed by atoms with E-state index in [2.05, 4.69) is 10.1 Å². The molecule has 3 aromatic rings. The SMILES string of the molecule is c1csc(-c2noc(COc3ccc4c(c3)OCO4)n2)c1. The lowest BCUT2D eigenvalue weighted by Crippen LogP contribution is -1.95. The number of aromatic nitrogens is 2. The molecule has 0 saturated carbocycles. The Labute approximate surface area is 123 Å². The molecule has 0 fully saturated rings. The Hall–Kier alpha value is -2.54. The smallest absolute Gasteiger partial charge is 0.264 e. The van der Waals surface area contributed by atoms with Gasteiger partial charge < -0.3 is 18.7 Å². The number of rotatable bonds is 4. The average molecular weight is 302 g/mol. The predicted molar refractivity (Wildman–Crippen MR) is 74.5 cm³/mol. The van der Waals surface area contributed by atoms with Crippen LogP contribution in [0.3, 0.4) is 0 Å². The zero-order chi connectivity index (χ0) is 14.1. The molecule has 0 radical (unpaired) electrons. The predicted octanol–water partition coefficient (Wildman–Crippen LogP) is 3.11. The summed E-state index contributed by atoms with van der Waals surface area (Å²) in [6.45, 7) is 0.449. The first-order valence-corrected chi connectivity index (χ1v) is 7.15. The summed E-state index contributed by atoms with van der Waals surface area (Å²) in [5.41, 5.74) is 0. The second-order valence-corrected chi connectivity index (χ2v) is 5.24. The van der Waals surface area contributed by atoms with E-state index in [1.54, 1.807) is 17.4 Å². The number of nitrogens with zero attached hydrogens (tertiary/aromatic N) is 2. The molecular formula is C14H10N2O4S. The van der Waals surface area contributed by atoms with Crippen molar-refractivity contribution in [2.75, 3.05) is 6.79 Å². The fourth-order valence-corrected chi connectivity index (χ4v) is 2.58. The second kappa shape index (κ2) is 5.10. The van der Waals surface area contributed by atoms with Gasteiger partial charge in [0, 0.05) is 6.07 Å². The van der Waals surface area contributed by atoms with Gasteiger partial charge in [0.2, 0.25) is 12.6 Å². The van der Waals surface area contributed by atoms with Crippen molar-refractivity contribution in [2.45, 2.75) is 6.61 Å². The van der Waals surface area contributed by atoms with Gasteiger partial charge in [0.1, 0.15) is 5.75 Å². The first kappa shape index (κ1) is 12.2. The summed E-state index contributed by atoms with van der Waals surface area (Å²) in [6, 6.07) is 9.28. The summed E-state index contributed by atoms with van der Waals surface area (Å²) in [7, 11) is 0. The summed E-state index contributed by atoms with van der Waals surface area (Å²) < 4.78 is 21.3. The van der Waals surface area contributed by atoms with Gasteiger partial charge in [-0.05, 0) is 23.6 Å². The maximum atomic E-state index is 5.62. The minimum Gasteiger partial charge on any atom is -0.484 e. The zero-order valence-electron chi connectivity index (χ0n) is 10.8. The topological polar surface area (TPSA) is 66.6 Å². The lowest BCUT2D eigenvalue weighted by atomic mass is 10.3. The highest BCUT2D eigenvalue weighted by atomic mass is 32.1. The van der Waals surface area contributed by atoms with Crippen molar-refractivity contribution in [3.63, 3.8) is 0 Å². The Kier molecular flexibility index (Phi) is 2.97. The largest absolute Gasteiger partial charge is 0.484 e. The van der Waals surface area contributed by atoms with E-state index in [1.165, 1.54) is 0 Å². The fourth-order valence-electron chi connectivity index (χ4n) is 1.93. The molecule has 1 aliphatic heterocycles. The van der Waals surface area contributed by atoms with Crippen LogP contribution in [0.25, 0.3) is 10.7 Å². The molecule has 7 heteroatoms. The van der Waals surface area contributed by atoms with Crippen LogP contribution in [0.15, 0.2) is 40.2 Å². The lowest BCUT2D eigenvalue weighted by molar-refractivity contribution is 0.173. The highest BCUT2D eigenvalue weighted by Crippen LogP contribution is 2.35. The number of thiophene rings is 1. The minimum atomic E-state index is 0.206. The van der Waals surface area contributed by atoms with Gasteiger partial charge in [0.25, 0.3) is 5.89 Å². The monoisotopic (exact) mass is 302 g/mol. The van der Waals surface area contributed by atoms with Crippen LogP contribution in [0.5, 0.6) is 17.2 Å². The second-order valence-electron chi connectivity index (χ2n) is 4.29. The Bertz CT molecular complexity index is 754. The van der Waals surface area contributed by atoms with E-state index < -0.39 is 0 Å². The summed E-state index contributed by atoms with van der Waals surface area (Å²) in [4.78, 5) is 5.26. The van der Waals surface area contributed by atoms with Crippen LogP contribution < -0.4 is 14.2 Å². The van der Waals surface area contributed by atoms with Crippen LogP contribution in [0.1, 0.15) is 5.89 Å². The van der Waals surface area contributed by atoms with Gasteiger partial charge in [-0.1, -0.05) is 11.2 Å². The number of ether oxygens (including phenoxy) is 3. The Morgan fingerprint density at radius 1 is 1.19 bits per heavy atom. The summed E-state index contributed by atoms with van der Waals surface area (Å²) in [6.07, 6.45) is 0. The number of hydrogen-bond acceptors (Lipinski definition) is 7. The molecule has 106 valence electrons. The van der Waals surface area contributed by atoms with Crippen molar-refractivity contribution < 1.29 is 18.7 Å². The van der Waals surface area contributed by atoms with E-state index in [-0.39, 0.29) is 13.4 Å². The summed E-state index contributed by atoms with van der Waals surface area (Å²) >= 11 is 1.56. The van der Waals surface area contributed by atoms with E-state index in [0.29, 0.717) is 23.2 Å². The third-order valence-corrected chi connectivity index (χ3v) is 3.78. The molecule has 0 saturated heterocycles. The molecule has 0 bridgehead atoms. The summed E-state index contributed by atoms with van der Waals surface area (Å²) in [5.74, 6) is 3.07. The van der Waals surface area contributed by atoms with E-state index in [4.69, 9.17) is 18.7 Å². The molecular weight excluding hydrogens is 292 g/mol. The molecule has 0 spiro atoms. The van der Waals surface area contributed by atoms with Crippen LogP contribution in [0.2, 0.25) is 0 Å². The fraction of sp³-hybridized carbons (Fsp3) is 0.143. The van der Waals surface area contributed by atoms with Crippen LogP contribution in [-0.2, 0) is 6.61 Å². The van der Waals surface area contributed by atoms with Gasteiger partial charge >= 0.3 is 0 Å². The summed E-state index contributed by atoms with van der Waals surface area (Å²) in [5, 5.41) is 5.90. The van der Waals surface area contributed by atoms with Crippen LogP contribution in [-0.4, -0.2) is 16.9 Å². The number of benzene rings is 1. The highest BCUT2D eigenvalue weighted by Gasteiger charge is 2.14. The number of hydrogen-bond donors (Lipinski definition) is 0. The molecule has 1 aromatic carbocycles. The first-order valence-electron chi connectivity index (χ1n) is 6.27. The van der Waals surface area contributed by atoms with Crippen LogP contribution in [0.4, 0.5) is 0 Å². The number of fused-ring (bicyclic) bond motifs is 1. The van der Waals surface area contributed by atoms with E-state index in [9.17, 15) is 0 Å². The maximum absolute atomic E-state index is 5.62. The normalized spacial score (nSPS) is 12.6. The molecule has 21 heavy (non-hydrogen) atoms. The molecule has 0 amide bonds. The van der Waals surface area contributed by atoms with Gasteiger partial charge in [-0.25, -0.2) is 0 Å². The van der Waals surface area contributed by atoms with E-state index in [0.717, 1.165) is 10.6 Å². The van der Waals surface area contributed by atoms with Crippen LogP contribution >= 0.6 is 11.3 Å². The van der Waals surface area contributed by atoms with Crippen molar-refractivity contribution in [3.05, 3.63) is 41.6 Å². The van der Waals surface area contributed by atoms with Crippen molar-refractivity contribution >= 4 is 11.3 Å². The molecule has 2 aromatic heterocycles. The first-order chi connectivity index (χ1) is 10.4. The standard InChI is InChI=1S/C14H10N2O4S/c1-2-12(21-5-1)14-15-13(20-16-14)7-17-9-3-4-10-11(6-9)19-8-18-10/h1-6H,7-8H2. The van der Waals surface area contributed by atoms with Gasteiger partial charge in [0.15, 0.2) is 18.1 Å². The molecule has 0 N–H and O–H groups in total. The third kappa shape index (κ3) is 2.43. The molecule has 0 unspecified atom stereocenters. The molecule has 4 rings (SSSR count). The molecule has 3 heterocycles. The molecule has 0 aliphatic carbocycles. The Morgan fingerprint density at radius 2 is 2.14 bits per heavy atom. The average Bonchev–Trinajstić information content (AvgIpc) is 3.24.